The average molecular weight is 350 g/mol. The lowest BCUT2D eigenvalue weighted by Gasteiger charge is -2.04. The topological polar surface area (TPSA) is 98.9 Å². The third kappa shape index (κ3) is 4.23. The second-order valence-electron chi connectivity index (χ2n) is 4.56. The molecular weight excluding hydrogens is 338 g/mol. The first kappa shape index (κ1) is 17.3. The first-order valence-electron chi connectivity index (χ1n) is 6.61. The summed E-state index contributed by atoms with van der Waals surface area (Å²) in [5.74, 6) is -0.447. The number of methoxy groups -OCH3 is 1. The number of ether oxygens (including phenoxy) is 2. The van der Waals surface area contributed by atoms with Crippen LogP contribution in [-0.4, -0.2) is 23.1 Å². The number of hydrogen-bond donors (Lipinski definition) is 1. The summed E-state index contributed by atoms with van der Waals surface area (Å²) in [5.41, 5.74) is 0.405. The predicted molar refractivity (Wildman–Crippen MR) is 87.4 cm³/mol. The number of phenolic OH excluding ortho intramolecular Hbond substituents is 1. The lowest BCUT2D eigenvalue weighted by Crippen LogP contribution is -2.04. The molecule has 0 bridgehead atoms. The number of halogens is 1. The lowest BCUT2D eigenvalue weighted by atomic mass is 10.2. The molecule has 8 heteroatoms. The molecule has 0 heterocycles. The number of hydrogen-bond acceptors (Lipinski definition) is 6. The Morgan fingerprint density at radius 3 is 2.62 bits per heavy atom. The lowest BCUT2D eigenvalue weighted by molar-refractivity contribution is -0.384. The fourth-order valence-corrected chi connectivity index (χ4v) is 2.00. The molecule has 0 aromatic heterocycles. The Balaban J connectivity index is 2.09. The van der Waals surface area contributed by atoms with E-state index in [-0.39, 0.29) is 28.0 Å². The number of nitrogens with zero attached hydrogens (tertiary/aromatic N) is 1. The predicted octanol–water partition coefficient (Wildman–Crippen LogP) is 3.58. The molecule has 0 aliphatic heterocycles. The van der Waals surface area contributed by atoms with Crippen molar-refractivity contribution in [2.24, 2.45) is 0 Å². The van der Waals surface area contributed by atoms with Gasteiger partial charge in [-0.25, -0.2) is 4.79 Å². The van der Waals surface area contributed by atoms with Gasteiger partial charge in [-0.15, -0.1) is 0 Å². The molecule has 0 radical (unpaired) electrons. The third-order valence-electron chi connectivity index (χ3n) is 2.95. The summed E-state index contributed by atoms with van der Waals surface area (Å²) in [5, 5.41) is 20.1. The van der Waals surface area contributed by atoms with E-state index in [2.05, 4.69) is 0 Å². The Morgan fingerprint density at radius 2 is 2.00 bits per heavy atom. The Labute approximate surface area is 141 Å². The number of phenols is 1. The van der Waals surface area contributed by atoms with Gasteiger partial charge in [0.15, 0.2) is 11.5 Å². The monoisotopic (exact) mass is 349 g/mol. The molecule has 24 heavy (non-hydrogen) atoms. The SMILES string of the molecule is COc1cc(C=CC(=O)Oc2ccc([N+](=O)[O-])cc2Cl)ccc1O. The molecular formula is C16H12ClNO6. The maximum Gasteiger partial charge on any atom is 0.336 e. The number of carbonyl (C=O) groups is 1. The third-order valence-corrected chi connectivity index (χ3v) is 3.25. The highest BCUT2D eigenvalue weighted by molar-refractivity contribution is 6.32. The number of aromatic hydroxyl groups is 1. The highest BCUT2D eigenvalue weighted by atomic mass is 35.5. The molecule has 2 aromatic rings. The van der Waals surface area contributed by atoms with Crippen LogP contribution < -0.4 is 9.47 Å². The Morgan fingerprint density at radius 1 is 1.25 bits per heavy atom. The Bertz CT molecular complexity index is 818. The summed E-state index contributed by atoms with van der Waals surface area (Å²) in [6, 6.07) is 8.08. The number of benzene rings is 2. The van der Waals surface area contributed by atoms with E-state index in [0.717, 1.165) is 12.1 Å². The minimum atomic E-state index is -0.710. The zero-order valence-electron chi connectivity index (χ0n) is 12.4. The van der Waals surface area contributed by atoms with Crippen molar-refractivity contribution in [2.75, 3.05) is 7.11 Å². The summed E-state index contributed by atoms with van der Waals surface area (Å²) in [6.07, 6.45) is 2.62. The number of esters is 1. The van der Waals surface area contributed by atoms with Crippen LogP contribution in [0.1, 0.15) is 5.56 Å². The van der Waals surface area contributed by atoms with E-state index in [1.165, 1.54) is 37.5 Å². The molecule has 0 atom stereocenters. The molecule has 0 saturated heterocycles. The number of rotatable bonds is 5. The maximum atomic E-state index is 11.8. The molecule has 0 aliphatic carbocycles. The van der Waals surface area contributed by atoms with Crippen molar-refractivity contribution in [3.63, 3.8) is 0 Å². The fourth-order valence-electron chi connectivity index (χ4n) is 1.79. The van der Waals surface area contributed by atoms with Gasteiger partial charge in [-0.3, -0.25) is 10.1 Å². The summed E-state index contributed by atoms with van der Waals surface area (Å²) in [4.78, 5) is 21.8. The summed E-state index contributed by atoms with van der Waals surface area (Å²) in [6.45, 7) is 0. The van der Waals surface area contributed by atoms with Gasteiger partial charge in [-0.2, -0.15) is 0 Å². The van der Waals surface area contributed by atoms with Gasteiger partial charge in [0, 0.05) is 18.2 Å². The number of nitro benzene ring substituents is 1. The minimum Gasteiger partial charge on any atom is -0.504 e. The van der Waals surface area contributed by atoms with E-state index in [9.17, 15) is 20.0 Å². The molecule has 2 aromatic carbocycles. The molecule has 1 N–H and O–H groups in total. The quantitative estimate of drug-likeness (QED) is 0.291. The molecule has 0 spiro atoms. The van der Waals surface area contributed by atoms with Crippen LogP contribution in [0.4, 0.5) is 5.69 Å². The number of nitro groups is 1. The van der Waals surface area contributed by atoms with E-state index in [0.29, 0.717) is 5.56 Å². The van der Waals surface area contributed by atoms with Gasteiger partial charge in [-0.1, -0.05) is 17.7 Å². The van der Waals surface area contributed by atoms with Gasteiger partial charge in [-0.05, 0) is 29.8 Å². The van der Waals surface area contributed by atoms with Gasteiger partial charge in [0.2, 0.25) is 0 Å². The van der Waals surface area contributed by atoms with Crippen LogP contribution in [0.5, 0.6) is 17.2 Å². The van der Waals surface area contributed by atoms with Gasteiger partial charge in [0.25, 0.3) is 5.69 Å². The van der Waals surface area contributed by atoms with Crippen LogP contribution in [0.25, 0.3) is 6.08 Å². The van der Waals surface area contributed by atoms with E-state index in [1.54, 1.807) is 6.07 Å². The fraction of sp³-hybridized carbons (Fsp3) is 0.0625. The highest BCUT2D eigenvalue weighted by Gasteiger charge is 2.12. The van der Waals surface area contributed by atoms with Gasteiger partial charge < -0.3 is 14.6 Å². The number of carbonyl (C=O) groups excluding carboxylic acids is 1. The number of non-ortho nitro benzene ring substituents is 1. The van der Waals surface area contributed by atoms with E-state index in [1.807, 2.05) is 0 Å². The van der Waals surface area contributed by atoms with Crippen molar-refractivity contribution in [3.05, 3.63) is 63.2 Å². The molecule has 7 nitrogen and oxygen atoms in total. The van der Waals surface area contributed by atoms with Crippen LogP contribution >= 0.6 is 11.6 Å². The molecule has 0 fully saturated rings. The summed E-state index contributed by atoms with van der Waals surface area (Å²) in [7, 11) is 1.41. The van der Waals surface area contributed by atoms with E-state index >= 15 is 0 Å². The van der Waals surface area contributed by atoms with E-state index < -0.39 is 10.9 Å². The maximum absolute atomic E-state index is 11.8. The van der Waals surface area contributed by atoms with Crippen molar-refractivity contribution in [1.82, 2.24) is 0 Å². The molecule has 0 unspecified atom stereocenters. The van der Waals surface area contributed by atoms with Crippen LogP contribution in [0.3, 0.4) is 0 Å². The second kappa shape index (κ2) is 7.47. The summed E-state index contributed by atoms with van der Waals surface area (Å²) >= 11 is 5.84. The average Bonchev–Trinajstić information content (AvgIpc) is 2.55. The van der Waals surface area contributed by atoms with Crippen LogP contribution in [0.15, 0.2) is 42.5 Å². The van der Waals surface area contributed by atoms with Crippen molar-refractivity contribution < 1.29 is 24.3 Å². The first-order chi connectivity index (χ1) is 11.4. The zero-order chi connectivity index (χ0) is 17.7. The van der Waals surface area contributed by atoms with Crippen molar-refractivity contribution >= 4 is 29.3 Å². The molecule has 0 saturated carbocycles. The Hall–Kier alpha value is -3.06. The molecule has 0 amide bonds. The highest BCUT2D eigenvalue weighted by Crippen LogP contribution is 2.29. The molecule has 124 valence electrons. The van der Waals surface area contributed by atoms with Crippen molar-refractivity contribution in [3.8, 4) is 17.2 Å². The van der Waals surface area contributed by atoms with E-state index in [4.69, 9.17) is 21.1 Å². The smallest absolute Gasteiger partial charge is 0.336 e. The van der Waals surface area contributed by atoms with Crippen molar-refractivity contribution in [1.29, 1.82) is 0 Å². The van der Waals surface area contributed by atoms with Gasteiger partial charge >= 0.3 is 5.97 Å². The van der Waals surface area contributed by atoms with Gasteiger partial charge in [0.05, 0.1) is 17.1 Å². The normalized spacial score (nSPS) is 10.6. The van der Waals surface area contributed by atoms with Crippen LogP contribution in [0.2, 0.25) is 5.02 Å². The largest absolute Gasteiger partial charge is 0.504 e. The van der Waals surface area contributed by atoms with Crippen molar-refractivity contribution in [2.45, 2.75) is 0 Å². The second-order valence-corrected chi connectivity index (χ2v) is 4.96. The van der Waals surface area contributed by atoms with Crippen LogP contribution in [-0.2, 0) is 4.79 Å². The summed E-state index contributed by atoms with van der Waals surface area (Å²) < 4.78 is 9.98. The standard InChI is InChI=1S/C16H12ClNO6/c1-23-15-8-10(2-5-13(15)19)3-7-16(20)24-14-6-4-11(18(21)22)9-12(14)17/h2-9,19H,1H3. The van der Waals surface area contributed by atoms with Gasteiger partial charge in [0.1, 0.15) is 5.75 Å². The zero-order valence-corrected chi connectivity index (χ0v) is 13.2. The Kier molecular flexibility index (Phi) is 5.39. The molecule has 0 aliphatic rings. The van der Waals surface area contributed by atoms with Crippen LogP contribution in [0, 0.1) is 10.1 Å². The first-order valence-corrected chi connectivity index (χ1v) is 6.99. The minimum absolute atomic E-state index is 0.0141. The molecule has 2 rings (SSSR count).